The Morgan fingerprint density at radius 2 is 1.58 bits per heavy atom. The summed E-state index contributed by atoms with van der Waals surface area (Å²) in [4.78, 5) is 20.7. The lowest BCUT2D eigenvalue weighted by molar-refractivity contribution is 0.0746. The maximum Gasteiger partial charge on any atom is 0.258 e. The number of hydrogen-bond acceptors (Lipinski definition) is 4. The number of amides is 1. The van der Waals surface area contributed by atoms with Gasteiger partial charge in [0.05, 0.1) is 11.8 Å². The van der Waals surface area contributed by atoms with E-state index in [0.717, 1.165) is 49.8 Å². The molecule has 3 aliphatic rings. The summed E-state index contributed by atoms with van der Waals surface area (Å²) in [5.41, 5.74) is 6.90. The smallest absolute Gasteiger partial charge is 0.258 e. The lowest BCUT2D eigenvalue weighted by atomic mass is 10.0. The molecule has 0 unspecified atom stereocenters. The van der Waals surface area contributed by atoms with E-state index in [-0.39, 0.29) is 5.91 Å². The van der Waals surface area contributed by atoms with E-state index in [4.69, 9.17) is 4.42 Å². The van der Waals surface area contributed by atoms with Crippen molar-refractivity contribution >= 4 is 11.6 Å². The Kier molecular flexibility index (Phi) is 6.58. The van der Waals surface area contributed by atoms with Crippen molar-refractivity contribution in [2.75, 3.05) is 44.2 Å². The molecule has 5 nitrogen and oxygen atoms in total. The van der Waals surface area contributed by atoms with Crippen LogP contribution in [0.5, 0.6) is 0 Å². The summed E-state index contributed by atoms with van der Waals surface area (Å²) in [6.45, 7) is 7.53. The normalized spacial score (nSPS) is 19.4. The number of carbonyl (C=O) groups excluding carboxylic acids is 1. The summed E-state index contributed by atoms with van der Waals surface area (Å²) in [6, 6.07) is 17.8. The van der Waals surface area contributed by atoms with Crippen LogP contribution < -0.4 is 4.90 Å². The van der Waals surface area contributed by atoms with Crippen LogP contribution in [0.25, 0.3) is 11.3 Å². The van der Waals surface area contributed by atoms with Crippen LogP contribution >= 0.6 is 0 Å². The molecule has 1 amide bonds. The molecule has 0 spiro atoms. The highest BCUT2D eigenvalue weighted by molar-refractivity contribution is 6.01. The van der Waals surface area contributed by atoms with Gasteiger partial charge in [0.25, 0.3) is 5.91 Å². The van der Waals surface area contributed by atoms with Gasteiger partial charge in [-0.3, -0.25) is 9.69 Å². The van der Waals surface area contributed by atoms with Crippen LogP contribution in [0, 0.1) is 6.92 Å². The largest absolute Gasteiger partial charge is 0.463 e. The van der Waals surface area contributed by atoms with Gasteiger partial charge in [0.2, 0.25) is 0 Å². The Bertz CT molecular complexity index is 1200. The number of carbonyl (C=O) groups is 1. The average Bonchev–Trinajstić information content (AvgIpc) is 3.54. The van der Waals surface area contributed by atoms with E-state index in [2.05, 4.69) is 28.0 Å². The van der Waals surface area contributed by atoms with Crippen LogP contribution in [0.2, 0.25) is 0 Å². The lowest BCUT2D eigenvalue weighted by Crippen LogP contribution is -2.49. The molecule has 0 N–H and O–H groups in total. The third kappa shape index (κ3) is 4.57. The molecule has 2 fully saturated rings. The van der Waals surface area contributed by atoms with E-state index in [1.165, 1.54) is 62.0 Å². The molecular weight excluding hydrogens is 446 g/mol. The van der Waals surface area contributed by atoms with Gasteiger partial charge in [-0.15, -0.1) is 0 Å². The zero-order valence-electron chi connectivity index (χ0n) is 21.4. The summed E-state index contributed by atoms with van der Waals surface area (Å²) >= 11 is 0. The van der Waals surface area contributed by atoms with E-state index in [9.17, 15) is 4.79 Å². The quantitative estimate of drug-likeness (QED) is 0.487. The molecule has 1 saturated heterocycles. The molecule has 188 valence electrons. The Hall–Kier alpha value is -3.05. The fourth-order valence-corrected chi connectivity index (χ4v) is 6.40. The predicted molar refractivity (Wildman–Crippen MR) is 145 cm³/mol. The Balaban J connectivity index is 1.11. The van der Waals surface area contributed by atoms with E-state index < -0.39 is 0 Å². The lowest BCUT2D eigenvalue weighted by Gasteiger charge is -2.36. The minimum Gasteiger partial charge on any atom is -0.463 e. The van der Waals surface area contributed by atoms with Gasteiger partial charge in [-0.25, -0.2) is 0 Å². The maximum atomic E-state index is 13.5. The van der Waals surface area contributed by atoms with Crippen molar-refractivity contribution in [2.45, 2.75) is 51.5 Å². The first-order valence-electron chi connectivity index (χ1n) is 13.7. The molecule has 0 radical (unpaired) electrons. The van der Waals surface area contributed by atoms with Gasteiger partial charge >= 0.3 is 0 Å². The molecule has 3 aromatic rings. The van der Waals surface area contributed by atoms with Crippen molar-refractivity contribution in [3.8, 4) is 11.3 Å². The summed E-state index contributed by atoms with van der Waals surface area (Å²) in [7, 11) is 0. The Labute approximate surface area is 214 Å². The van der Waals surface area contributed by atoms with Crippen molar-refractivity contribution in [2.24, 2.45) is 0 Å². The number of hydrogen-bond donors (Lipinski definition) is 0. The highest BCUT2D eigenvalue weighted by atomic mass is 16.3. The van der Waals surface area contributed by atoms with Crippen LogP contribution in [-0.2, 0) is 12.8 Å². The number of aryl methyl sites for hydroxylation is 1. The van der Waals surface area contributed by atoms with E-state index in [1.54, 1.807) is 6.26 Å². The number of anilines is 1. The number of furan rings is 1. The Morgan fingerprint density at radius 3 is 2.33 bits per heavy atom. The molecule has 3 heterocycles. The van der Waals surface area contributed by atoms with E-state index in [1.807, 2.05) is 42.2 Å². The highest BCUT2D eigenvalue weighted by Gasteiger charge is 2.29. The molecule has 0 bridgehead atoms. The van der Waals surface area contributed by atoms with Gasteiger partial charge in [-0.05, 0) is 55.9 Å². The summed E-state index contributed by atoms with van der Waals surface area (Å²) in [5, 5.41) is 0. The van der Waals surface area contributed by atoms with E-state index in [0.29, 0.717) is 11.3 Å². The number of fused-ring (bicyclic) bond motifs is 1. The number of nitrogens with zero attached hydrogens (tertiary/aromatic N) is 3. The summed E-state index contributed by atoms with van der Waals surface area (Å²) in [5.74, 6) is 0.756. The van der Waals surface area contributed by atoms with Crippen molar-refractivity contribution in [1.29, 1.82) is 0 Å². The van der Waals surface area contributed by atoms with Gasteiger partial charge in [-0.2, -0.15) is 0 Å². The molecule has 2 aliphatic heterocycles. The molecule has 36 heavy (non-hydrogen) atoms. The molecule has 1 aliphatic carbocycles. The summed E-state index contributed by atoms with van der Waals surface area (Å²) in [6.07, 6.45) is 9.60. The third-order valence-corrected chi connectivity index (χ3v) is 8.52. The highest BCUT2D eigenvalue weighted by Crippen LogP contribution is 2.31. The molecule has 5 heteroatoms. The summed E-state index contributed by atoms with van der Waals surface area (Å²) < 4.78 is 5.83. The SMILES string of the molecule is Cc1coc(-c2ccccc2)c1C(=O)N1CCN(c2ccc3c(c2)CCN(C2CCCC2)CC3)CC1. The van der Waals surface area contributed by atoms with Gasteiger partial charge in [0.1, 0.15) is 5.76 Å². The van der Waals surface area contributed by atoms with Crippen LogP contribution in [-0.4, -0.2) is 61.0 Å². The van der Waals surface area contributed by atoms with Gasteiger partial charge in [0.15, 0.2) is 0 Å². The first kappa shape index (κ1) is 23.4. The van der Waals surface area contributed by atoms with Crippen molar-refractivity contribution < 1.29 is 9.21 Å². The topological polar surface area (TPSA) is 39.9 Å². The molecule has 6 rings (SSSR count). The fraction of sp³-hybridized carbons (Fsp3) is 0.452. The van der Waals surface area contributed by atoms with Crippen molar-refractivity contribution in [3.05, 3.63) is 77.0 Å². The predicted octanol–water partition coefficient (Wildman–Crippen LogP) is 5.56. The van der Waals surface area contributed by atoms with E-state index >= 15 is 0 Å². The van der Waals surface area contributed by atoms with Gasteiger partial charge < -0.3 is 14.2 Å². The average molecular weight is 484 g/mol. The van der Waals surface area contributed by atoms with Crippen LogP contribution in [0.15, 0.2) is 59.2 Å². The monoisotopic (exact) mass is 483 g/mol. The van der Waals surface area contributed by atoms with Gasteiger partial charge in [0, 0.05) is 62.1 Å². The maximum absolute atomic E-state index is 13.5. The zero-order chi connectivity index (χ0) is 24.5. The van der Waals surface area contributed by atoms with Crippen molar-refractivity contribution in [1.82, 2.24) is 9.80 Å². The first-order valence-corrected chi connectivity index (χ1v) is 13.7. The van der Waals surface area contributed by atoms with Crippen LogP contribution in [0.3, 0.4) is 0 Å². The Morgan fingerprint density at radius 1 is 0.861 bits per heavy atom. The number of rotatable bonds is 4. The minimum atomic E-state index is 0.0775. The molecule has 2 aromatic carbocycles. The first-order chi connectivity index (χ1) is 17.7. The number of benzene rings is 2. The second-order valence-electron chi connectivity index (χ2n) is 10.7. The molecule has 0 atom stereocenters. The van der Waals surface area contributed by atoms with Crippen LogP contribution in [0.4, 0.5) is 5.69 Å². The second-order valence-corrected chi connectivity index (χ2v) is 10.7. The second kappa shape index (κ2) is 10.1. The third-order valence-electron chi connectivity index (χ3n) is 8.52. The molecule has 1 aromatic heterocycles. The number of piperazine rings is 1. The molecule has 1 saturated carbocycles. The standard InChI is InChI=1S/C31H37N3O2/c1-23-22-36-30(25-7-3-2-4-8-25)29(23)31(35)34-19-17-33(18-20-34)28-12-11-24-13-15-32(16-14-26(24)21-28)27-9-5-6-10-27/h2-4,7-8,11-12,21-22,27H,5-6,9-10,13-20H2,1H3. The molecular formula is C31H37N3O2. The minimum absolute atomic E-state index is 0.0775. The van der Waals surface area contributed by atoms with Crippen molar-refractivity contribution in [3.63, 3.8) is 0 Å². The van der Waals surface area contributed by atoms with Gasteiger partial charge in [-0.1, -0.05) is 49.2 Å². The fourth-order valence-electron chi connectivity index (χ4n) is 6.40. The zero-order valence-corrected chi connectivity index (χ0v) is 21.4. The van der Waals surface area contributed by atoms with Crippen LogP contribution in [0.1, 0.15) is 52.7 Å².